The van der Waals surface area contributed by atoms with Crippen LogP contribution in [0.25, 0.3) is 0 Å². The predicted molar refractivity (Wildman–Crippen MR) is 68.2 cm³/mol. The molecule has 94 valence electrons. The Bertz CT molecular complexity index is 221. The number of aliphatic hydroxyl groups excluding tert-OH is 1. The maximum Gasteiger partial charge on any atom is 0.0583 e. The minimum absolute atomic E-state index is 0.0387. The van der Waals surface area contributed by atoms with Crippen molar-refractivity contribution in [3.05, 3.63) is 0 Å². The molecule has 2 rings (SSSR count). The molecule has 1 aliphatic carbocycles. The Balaban J connectivity index is 1.83. The third-order valence-electron chi connectivity index (χ3n) is 4.03. The van der Waals surface area contributed by atoms with E-state index < -0.39 is 0 Å². The van der Waals surface area contributed by atoms with Gasteiger partial charge >= 0.3 is 0 Å². The summed E-state index contributed by atoms with van der Waals surface area (Å²) in [6.45, 7) is 2.24. The van der Waals surface area contributed by atoms with Gasteiger partial charge in [0.1, 0.15) is 0 Å². The van der Waals surface area contributed by atoms with Gasteiger partial charge in [0.15, 0.2) is 0 Å². The van der Waals surface area contributed by atoms with Crippen molar-refractivity contribution in [2.24, 2.45) is 11.8 Å². The fourth-order valence-electron chi connectivity index (χ4n) is 2.96. The summed E-state index contributed by atoms with van der Waals surface area (Å²) in [7, 11) is 0. The van der Waals surface area contributed by atoms with E-state index in [0.29, 0.717) is 12.3 Å². The minimum atomic E-state index is -0.243. The summed E-state index contributed by atoms with van der Waals surface area (Å²) < 4.78 is 0. The summed E-state index contributed by atoms with van der Waals surface area (Å²) in [4.78, 5) is 0. The molecule has 1 heterocycles. The van der Waals surface area contributed by atoms with Gasteiger partial charge in [-0.05, 0) is 57.0 Å². The van der Waals surface area contributed by atoms with Crippen LogP contribution in [0.4, 0.5) is 0 Å². The Labute approximate surface area is 108 Å². The lowest BCUT2D eigenvalue weighted by Gasteiger charge is -2.36. The van der Waals surface area contributed by atoms with E-state index in [0.717, 1.165) is 31.8 Å². The number of hydrogen-bond donors (Lipinski definition) is 2. The standard InChI is InChI=1S/C12H21Cl2NO/c13-10-6-9(12(16)7-11(10)14)5-8-1-3-15-4-2-8/h8-12,15-16H,1-7H2. The van der Waals surface area contributed by atoms with Gasteiger partial charge in [-0.15, -0.1) is 23.2 Å². The van der Waals surface area contributed by atoms with Crippen LogP contribution in [-0.4, -0.2) is 35.1 Å². The number of hydrogen-bond acceptors (Lipinski definition) is 2. The molecule has 4 unspecified atom stereocenters. The molecule has 0 aromatic rings. The first kappa shape index (κ1) is 12.9. The Morgan fingerprint density at radius 2 is 1.69 bits per heavy atom. The maximum absolute atomic E-state index is 10.0. The van der Waals surface area contributed by atoms with E-state index in [1.165, 1.54) is 12.8 Å². The van der Waals surface area contributed by atoms with Crippen LogP contribution in [0, 0.1) is 11.8 Å². The maximum atomic E-state index is 10.0. The highest BCUT2D eigenvalue weighted by molar-refractivity contribution is 6.30. The number of piperidine rings is 1. The number of nitrogens with one attached hydrogen (secondary N) is 1. The fourth-order valence-corrected chi connectivity index (χ4v) is 3.58. The predicted octanol–water partition coefficient (Wildman–Crippen LogP) is 2.36. The third kappa shape index (κ3) is 3.25. The van der Waals surface area contributed by atoms with Crippen molar-refractivity contribution >= 4 is 23.2 Å². The highest BCUT2D eigenvalue weighted by Gasteiger charge is 2.35. The molecule has 0 radical (unpaired) electrons. The minimum Gasteiger partial charge on any atom is -0.393 e. The van der Waals surface area contributed by atoms with Crippen molar-refractivity contribution < 1.29 is 5.11 Å². The van der Waals surface area contributed by atoms with Gasteiger partial charge in [-0.1, -0.05) is 0 Å². The molecule has 16 heavy (non-hydrogen) atoms. The van der Waals surface area contributed by atoms with Crippen molar-refractivity contribution in [3.63, 3.8) is 0 Å². The number of rotatable bonds is 2. The number of alkyl halides is 2. The van der Waals surface area contributed by atoms with E-state index in [1.807, 2.05) is 0 Å². The molecule has 2 N–H and O–H groups in total. The summed E-state index contributed by atoms with van der Waals surface area (Å²) in [5, 5.41) is 13.4. The van der Waals surface area contributed by atoms with Gasteiger partial charge in [-0.25, -0.2) is 0 Å². The summed E-state index contributed by atoms with van der Waals surface area (Å²) >= 11 is 12.3. The van der Waals surface area contributed by atoms with E-state index in [-0.39, 0.29) is 16.9 Å². The van der Waals surface area contributed by atoms with Gasteiger partial charge in [0.05, 0.1) is 16.9 Å². The SMILES string of the molecule is OC1CC(Cl)C(Cl)CC1CC1CCNCC1. The Kier molecular flexibility index (Phi) is 4.77. The van der Waals surface area contributed by atoms with Crippen LogP contribution in [0.1, 0.15) is 32.1 Å². The molecule has 0 aromatic carbocycles. The van der Waals surface area contributed by atoms with E-state index in [4.69, 9.17) is 23.2 Å². The van der Waals surface area contributed by atoms with Gasteiger partial charge in [-0.3, -0.25) is 0 Å². The molecule has 4 atom stereocenters. The summed E-state index contributed by atoms with van der Waals surface area (Å²) in [6, 6.07) is 0. The van der Waals surface area contributed by atoms with E-state index in [1.54, 1.807) is 0 Å². The van der Waals surface area contributed by atoms with Gasteiger partial charge in [-0.2, -0.15) is 0 Å². The second-order valence-corrected chi connectivity index (χ2v) is 6.38. The molecule has 2 nitrogen and oxygen atoms in total. The lowest BCUT2D eigenvalue weighted by Crippen LogP contribution is -2.39. The normalized spacial score (nSPS) is 42.2. The molecule has 1 saturated carbocycles. The largest absolute Gasteiger partial charge is 0.393 e. The fraction of sp³-hybridized carbons (Fsp3) is 1.00. The number of halogens is 2. The van der Waals surface area contributed by atoms with Crippen molar-refractivity contribution in [2.75, 3.05) is 13.1 Å². The zero-order chi connectivity index (χ0) is 11.5. The second-order valence-electron chi connectivity index (χ2n) is 5.26. The summed E-state index contributed by atoms with van der Waals surface area (Å²) in [5.74, 6) is 1.12. The van der Waals surface area contributed by atoms with Crippen molar-refractivity contribution in [3.8, 4) is 0 Å². The van der Waals surface area contributed by atoms with Crippen LogP contribution >= 0.6 is 23.2 Å². The first-order valence-electron chi connectivity index (χ1n) is 6.33. The Morgan fingerprint density at radius 3 is 2.38 bits per heavy atom. The first-order valence-corrected chi connectivity index (χ1v) is 7.21. The monoisotopic (exact) mass is 265 g/mol. The van der Waals surface area contributed by atoms with Crippen molar-refractivity contribution in [1.82, 2.24) is 5.32 Å². The van der Waals surface area contributed by atoms with Crippen LogP contribution in [0.15, 0.2) is 0 Å². The molecule has 1 aliphatic heterocycles. The van der Waals surface area contributed by atoms with Gasteiger partial charge in [0.25, 0.3) is 0 Å². The Hall–Kier alpha value is 0.500. The molecule has 4 heteroatoms. The van der Waals surface area contributed by atoms with E-state index in [9.17, 15) is 5.11 Å². The molecule has 0 spiro atoms. The van der Waals surface area contributed by atoms with Crippen molar-refractivity contribution in [2.45, 2.75) is 49.0 Å². The van der Waals surface area contributed by atoms with Crippen LogP contribution < -0.4 is 5.32 Å². The van der Waals surface area contributed by atoms with Crippen molar-refractivity contribution in [1.29, 1.82) is 0 Å². The summed E-state index contributed by atoms with van der Waals surface area (Å²) in [5.41, 5.74) is 0. The molecule has 2 fully saturated rings. The van der Waals surface area contributed by atoms with E-state index in [2.05, 4.69) is 5.32 Å². The van der Waals surface area contributed by atoms with Gasteiger partial charge in [0, 0.05) is 0 Å². The van der Waals surface area contributed by atoms with Gasteiger partial charge < -0.3 is 10.4 Å². The van der Waals surface area contributed by atoms with E-state index >= 15 is 0 Å². The lowest BCUT2D eigenvalue weighted by atomic mass is 9.78. The molecular formula is C12H21Cl2NO. The third-order valence-corrected chi connectivity index (χ3v) is 5.12. The molecule has 0 bridgehead atoms. The topological polar surface area (TPSA) is 32.3 Å². The average Bonchev–Trinajstić information content (AvgIpc) is 2.27. The molecular weight excluding hydrogens is 245 g/mol. The van der Waals surface area contributed by atoms with Gasteiger partial charge in [0.2, 0.25) is 0 Å². The molecule has 0 amide bonds. The zero-order valence-corrected chi connectivity index (χ0v) is 11.1. The van der Waals surface area contributed by atoms with Crippen LogP contribution in [0.2, 0.25) is 0 Å². The Morgan fingerprint density at radius 1 is 1.06 bits per heavy atom. The number of aliphatic hydroxyl groups is 1. The highest BCUT2D eigenvalue weighted by Crippen LogP contribution is 2.36. The first-order chi connectivity index (χ1) is 7.66. The van der Waals surface area contributed by atoms with Crippen LogP contribution in [0.5, 0.6) is 0 Å². The van der Waals surface area contributed by atoms with Crippen LogP contribution in [-0.2, 0) is 0 Å². The molecule has 2 aliphatic rings. The lowest BCUT2D eigenvalue weighted by molar-refractivity contribution is 0.0558. The quantitative estimate of drug-likeness (QED) is 0.752. The van der Waals surface area contributed by atoms with Crippen LogP contribution in [0.3, 0.4) is 0 Å². The smallest absolute Gasteiger partial charge is 0.0583 e. The zero-order valence-electron chi connectivity index (χ0n) is 9.54. The molecule has 1 saturated heterocycles. The average molecular weight is 266 g/mol. The highest BCUT2D eigenvalue weighted by atomic mass is 35.5. The second kappa shape index (κ2) is 5.90. The molecule has 0 aromatic heterocycles. The summed E-state index contributed by atoms with van der Waals surface area (Å²) in [6.07, 6.45) is 4.88.